The van der Waals surface area contributed by atoms with Crippen LogP contribution in [0.25, 0.3) is 11.3 Å². The van der Waals surface area contributed by atoms with Gasteiger partial charge in [0.25, 0.3) is 0 Å². The number of halogens is 2. The van der Waals surface area contributed by atoms with Crippen LogP contribution in [0.15, 0.2) is 48.8 Å². The predicted molar refractivity (Wildman–Crippen MR) is 148 cm³/mol. The molecule has 0 spiro atoms. The molecule has 38 heavy (non-hydrogen) atoms. The maximum absolute atomic E-state index is 10.4. The van der Waals surface area contributed by atoms with Crippen LogP contribution in [0.4, 0.5) is 10.6 Å². The molecule has 0 unspecified atom stereocenters. The number of benzene rings is 2. The first-order chi connectivity index (χ1) is 18.4. The minimum absolute atomic E-state index is 0.147. The van der Waals surface area contributed by atoms with Crippen molar-refractivity contribution in [3.05, 3.63) is 75.5 Å². The Bertz CT molecular complexity index is 1250. The summed E-state index contributed by atoms with van der Waals surface area (Å²) >= 11 is 12.9. The van der Waals surface area contributed by atoms with E-state index >= 15 is 0 Å². The van der Waals surface area contributed by atoms with Crippen LogP contribution in [0.2, 0.25) is 10.0 Å². The van der Waals surface area contributed by atoms with Crippen molar-refractivity contribution in [2.75, 3.05) is 58.4 Å². The first-order valence-electron chi connectivity index (χ1n) is 12.4. The Kier molecular flexibility index (Phi) is 10.1. The molecule has 2 heterocycles. The number of aromatic nitrogens is 2. The zero-order valence-corrected chi connectivity index (χ0v) is 22.6. The van der Waals surface area contributed by atoms with Crippen LogP contribution < -0.4 is 10.6 Å². The Balaban J connectivity index is 1.34. The van der Waals surface area contributed by atoms with E-state index in [1.54, 1.807) is 6.33 Å². The molecule has 0 saturated heterocycles. The van der Waals surface area contributed by atoms with Gasteiger partial charge in [-0.25, -0.2) is 14.8 Å². The Morgan fingerprint density at radius 3 is 2.66 bits per heavy atom. The molecule has 4 rings (SSSR count). The van der Waals surface area contributed by atoms with E-state index in [1.807, 2.05) is 30.3 Å². The van der Waals surface area contributed by atoms with Crippen molar-refractivity contribution in [1.29, 1.82) is 0 Å². The summed E-state index contributed by atoms with van der Waals surface area (Å²) in [5.74, 6) is 0.857. The van der Waals surface area contributed by atoms with Gasteiger partial charge in [0.05, 0.1) is 32.1 Å². The smallest absolute Gasteiger partial charge is 0.404 e. The maximum Gasteiger partial charge on any atom is 0.404 e. The predicted octanol–water partition coefficient (Wildman–Crippen LogP) is 4.74. The number of hydrogen-bond acceptors (Lipinski definition) is 7. The van der Waals surface area contributed by atoms with Crippen molar-refractivity contribution in [3.8, 4) is 11.3 Å². The highest BCUT2D eigenvalue weighted by Crippen LogP contribution is 2.39. The summed E-state index contributed by atoms with van der Waals surface area (Å²) in [5.41, 5.74) is 5.29. The molecule has 2 aromatic carbocycles. The number of nitrogens with zero attached hydrogens (tertiary/aromatic N) is 3. The van der Waals surface area contributed by atoms with E-state index in [1.165, 1.54) is 11.1 Å². The first kappa shape index (κ1) is 28.1. The summed E-state index contributed by atoms with van der Waals surface area (Å²) in [6.45, 7) is 4.10. The van der Waals surface area contributed by atoms with Crippen LogP contribution >= 0.6 is 23.2 Å². The van der Waals surface area contributed by atoms with Crippen molar-refractivity contribution in [1.82, 2.24) is 20.2 Å². The molecule has 1 aliphatic rings. The van der Waals surface area contributed by atoms with E-state index in [0.29, 0.717) is 48.8 Å². The fourth-order valence-electron chi connectivity index (χ4n) is 4.46. The summed E-state index contributed by atoms with van der Waals surface area (Å²) < 4.78 is 10.8. The second-order valence-electron chi connectivity index (χ2n) is 9.00. The van der Waals surface area contributed by atoms with Gasteiger partial charge in [-0.15, -0.1) is 0 Å². The summed E-state index contributed by atoms with van der Waals surface area (Å²) in [6, 6.07) is 14.2. The first-order valence-corrected chi connectivity index (χ1v) is 13.1. The molecule has 0 bridgehead atoms. The molecule has 1 aromatic heterocycles. The van der Waals surface area contributed by atoms with Gasteiger partial charge in [-0.05, 0) is 41.9 Å². The second kappa shape index (κ2) is 13.7. The highest BCUT2D eigenvalue weighted by atomic mass is 35.5. The van der Waals surface area contributed by atoms with Gasteiger partial charge < -0.3 is 30.1 Å². The van der Waals surface area contributed by atoms with E-state index < -0.39 is 6.09 Å². The zero-order valence-electron chi connectivity index (χ0n) is 21.1. The van der Waals surface area contributed by atoms with E-state index in [4.69, 9.17) is 37.8 Å². The quantitative estimate of drug-likeness (QED) is 0.273. The van der Waals surface area contributed by atoms with Gasteiger partial charge in [0.1, 0.15) is 12.1 Å². The summed E-state index contributed by atoms with van der Waals surface area (Å²) in [5, 5.41) is 15.3. The minimum atomic E-state index is -1.06. The van der Waals surface area contributed by atoms with Gasteiger partial charge in [-0.1, -0.05) is 41.4 Å². The molecule has 9 nitrogen and oxygen atoms in total. The Morgan fingerprint density at radius 2 is 1.87 bits per heavy atom. The number of carbonyl (C=O) groups is 1. The third-order valence-corrected chi connectivity index (χ3v) is 6.75. The van der Waals surface area contributed by atoms with E-state index in [9.17, 15) is 4.79 Å². The Morgan fingerprint density at radius 1 is 1.08 bits per heavy atom. The van der Waals surface area contributed by atoms with Crippen molar-refractivity contribution in [2.24, 2.45) is 0 Å². The Hall–Kier alpha value is -2.95. The third-order valence-electron chi connectivity index (χ3n) is 6.19. The number of anilines is 1. The summed E-state index contributed by atoms with van der Waals surface area (Å²) in [7, 11) is 2.10. The fraction of sp³-hybridized carbons (Fsp3) is 0.370. The molecule has 0 radical (unpaired) electrons. The third kappa shape index (κ3) is 7.78. The Labute approximate surface area is 232 Å². The van der Waals surface area contributed by atoms with Crippen molar-refractivity contribution >= 4 is 35.1 Å². The lowest BCUT2D eigenvalue weighted by Gasteiger charge is -2.33. The SMILES string of the molecule is CN1Cc2c(Cl)cc(Cl)cc2[C@H](c2cccc(-c3cc(NCCOCCOCCNC(=O)O)ncn3)c2)C1. The molecule has 1 amide bonds. The number of nitrogens with one attached hydrogen (secondary N) is 2. The molecule has 202 valence electrons. The molecule has 0 saturated carbocycles. The number of ether oxygens (including phenoxy) is 2. The van der Waals surface area contributed by atoms with Crippen LogP contribution in [0.5, 0.6) is 0 Å². The minimum Gasteiger partial charge on any atom is -0.465 e. The molecular weight excluding hydrogens is 529 g/mol. The molecule has 1 atom stereocenters. The van der Waals surface area contributed by atoms with Crippen LogP contribution in [0.1, 0.15) is 22.6 Å². The highest BCUT2D eigenvalue weighted by Gasteiger charge is 2.27. The van der Waals surface area contributed by atoms with E-state index in [-0.39, 0.29) is 12.5 Å². The molecule has 0 fully saturated rings. The highest BCUT2D eigenvalue weighted by molar-refractivity contribution is 6.35. The topological polar surface area (TPSA) is 109 Å². The van der Waals surface area contributed by atoms with Crippen molar-refractivity contribution < 1.29 is 19.4 Å². The summed E-state index contributed by atoms with van der Waals surface area (Å²) in [6.07, 6.45) is 0.489. The van der Waals surface area contributed by atoms with Gasteiger partial charge >= 0.3 is 6.09 Å². The van der Waals surface area contributed by atoms with Crippen LogP contribution in [0.3, 0.4) is 0 Å². The van der Waals surface area contributed by atoms with Gasteiger partial charge in [0.15, 0.2) is 0 Å². The lowest BCUT2D eigenvalue weighted by atomic mass is 9.84. The van der Waals surface area contributed by atoms with Crippen molar-refractivity contribution in [3.63, 3.8) is 0 Å². The van der Waals surface area contributed by atoms with Crippen molar-refractivity contribution in [2.45, 2.75) is 12.5 Å². The van der Waals surface area contributed by atoms with Gasteiger partial charge in [0.2, 0.25) is 0 Å². The number of likely N-dealkylation sites (N-methyl/N-ethyl adjacent to an activating group) is 1. The normalized spacial score (nSPS) is 15.2. The lowest BCUT2D eigenvalue weighted by molar-refractivity contribution is 0.0527. The molecule has 3 N–H and O–H groups in total. The average Bonchev–Trinajstić information content (AvgIpc) is 2.90. The zero-order chi connectivity index (χ0) is 26.9. The number of carboxylic acid groups (broad SMARTS) is 1. The van der Waals surface area contributed by atoms with Gasteiger partial charge in [0, 0.05) is 53.8 Å². The van der Waals surface area contributed by atoms with Crippen LogP contribution in [-0.2, 0) is 16.0 Å². The van der Waals surface area contributed by atoms with E-state index in [0.717, 1.165) is 29.9 Å². The molecule has 3 aromatic rings. The van der Waals surface area contributed by atoms with Gasteiger partial charge in [-0.2, -0.15) is 0 Å². The second-order valence-corrected chi connectivity index (χ2v) is 9.85. The standard InChI is InChI=1S/C27H31Cl2N5O4/c1-34-15-22(21-12-20(28)13-24(29)23(21)16-34)18-3-2-4-19(11-18)25-14-26(33-17-32-25)30-5-7-37-9-10-38-8-6-31-27(35)36/h2-4,11-14,17,22,31H,5-10,15-16H2,1H3,(H,35,36)(H,30,32,33)/t22-/m0/s1. The van der Waals surface area contributed by atoms with E-state index in [2.05, 4.69) is 44.7 Å². The average molecular weight is 560 g/mol. The number of hydrogen-bond donors (Lipinski definition) is 3. The van der Waals surface area contributed by atoms with Gasteiger partial charge in [-0.3, -0.25) is 0 Å². The lowest BCUT2D eigenvalue weighted by Crippen LogP contribution is -2.31. The summed E-state index contributed by atoms with van der Waals surface area (Å²) in [4.78, 5) is 21.5. The number of fused-ring (bicyclic) bond motifs is 1. The molecular formula is C27H31Cl2N5O4. The fourth-order valence-corrected chi connectivity index (χ4v) is 5.03. The largest absolute Gasteiger partial charge is 0.465 e. The monoisotopic (exact) mass is 559 g/mol. The molecule has 1 aliphatic heterocycles. The number of rotatable bonds is 12. The molecule has 0 aliphatic carbocycles. The van der Waals surface area contributed by atoms with Crippen LogP contribution in [0, 0.1) is 0 Å². The van der Waals surface area contributed by atoms with Crippen LogP contribution in [-0.4, -0.2) is 79.2 Å². The number of amides is 1. The maximum atomic E-state index is 10.4. The molecule has 11 heteroatoms.